The van der Waals surface area contributed by atoms with Crippen LogP contribution >= 0.6 is 11.8 Å². The van der Waals surface area contributed by atoms with Crippen LogP contribution < -0.4 is 0 Å². The molecule has 0 bridgehead atoms. The Hall–Kier alpha value is -2.40. The van der Waals surface area contributed by atoms with Gasteiger partial charge in [-0.3, -0.25) is 9.55 Å². The average molecular weight is 322 g/mol. The Morgan fingerprint density at radius 1 is 1.04 bits per heavy atom. The van der Waals surface area contributed by atoms with E-state index in [1.54, 1.807) is 24.2 Å². The number of unbranched alkanes of at least 4 members (excludes halogenated alkanes) is 1. The van der Waals surface area contributed by atoms with Gasteiger partial charge in [-0.05, 0) is 37.1 Å². The molecule has 0 aliphatic rings. The summed E-state index contributed by atoms with van der Waals surface area (Å²) in [6.45, 7) is 3.77. The number of hydrogen-bond acceptors (Lipinski definition) is 4. The van der Waals surface area contributed by atoms with Crippen LogP contribution in [0.15, 0.2) is 72.7 Å². The molecule has 2 heterocycles. The van der Waals surface area contributed by atoms with Crippen LogP contribution in [-0.2, 0) is 0 Å². The van der Waals surface area contributed by atoms with Gasteiger partial charge in [-0.2, -0.15) is 0 Å². The number of thioether (sulfide) groups is 1. The summed E-state index contributed by atoms with van der Waals surface area (Å²) in [7, 11) is 0. The van der Waals surface area contributed by atoms with Gasteiger partial charge in [0.15, 0.2) is 11.0 Å². The summed E-state index contributed by atoms with van der Waals surface area (Å²) in [5.74, 6) is 1.83. The first-order chi connectivity index (χ1) is 11.4. The van der Waals surface area contributed by atoms with Crippen molar-refractivity contribution < 1.29 is 0 Å². The van der Waals surface area contributed by atoms with E-state index < -0.39 is 0 Å². The van der Waals surface area contributed by atoms with Crippen molar-refractivity contribution in [2.45, 2.75) is 18.0 Å². The van der Waals surface area contributed by atoms with Crippen LogP contribution in [0.25, 0.3) is 17.1 Å². The molecule has 0 fully saturated rings. The maximum Gasteiger partial charge on any atom is 0.196 e. The first-order valence-corrected chi connectivity index (χ1v) is 8.53. The van der Waals surface area contributed by atoms with Gasteiger partial charge in [0.1, 0.15) is 0 Å². The summed E-state index contributed by atoms with van der Waals surface area (Å²) in [5.41, 5.74) is 2.07. The highest BCUT2D eigenvalue weighted by Crippen LogP contribution is 2.28. The fraction of sp³-hybridized carbons (Fsp3) is 0.167. The van der Waals surface area contributed by atoms with E-state index in [9.17, 15) is 0 Å². The second kappa shape index (κ2) is 7.74. The van der Waals surface area contributed by atoms with Crippen LogP contribution in [0.4, 0.5) is 0 Å². The molecule has 23 heavy (non-hydrogen) atoms. The quantitative estimate of drug-likeness (QED) is 0.368. The van der Waals surface area contributed by atoms with E-state index in [1.807, 2.05) is 36.4 Å². The summed E-state index contributed by atoms with van der Waals surface area (Å²) in [6.07, 6.45) is 7.60. The molecule has 0 spiro atoms. The Labute approximate surface area is 140 Å². The highest BCUT2D eigenvalue weighted by Gasteiger charge is 2.15. The number of aromatic nitrogens is 4. The second-order valence-corrected chi connectivity index (χ2v) is 6.05. The van der Waals surface area contributed by atoms with Crippen molar-refractivity contribution in [2.24, 2.45) is 0 Å². The number of nitrogens with zero attached hydrogens (tertiary/aromatic N) is 4. The van der Waals surface area contributed by atoms with Crippen molar-refractivity contribution in [2.75, 3.05) is 5.75 Å². The lowest BCUT2D eigenvalue weighted by Gasteiger charge is -2.10. The zero-order chi connectivity index (χ0) is 15.9. The number of para-hydroxylation sites is 1. The molecular weight excluding hydrogens is 304 g/mol. The Balaban J connectivity index is 1.97. The zero-order valence-corrected chi connectivity index (χ0v) is 13.6. The molecule has 0 unspecified atom stereocenters. The smallest absolute Gasteiger partial charge is 0.196 e. The first-order valence-electron chi connectivity index (χ1n) is 7.55. The van der Waals surface area contributed by atoms with Crippen LogP contribution in [-0.4, -0.2) is 25.5 Å². The standard InChI is InChI=1S/C18H18N4S/c1-2-3-7-14-23-18-21-20-17(15-10-12-19-13-11-15)22(18)16-8-5-4-6-9-16/h2,4-6,8-13H,1,3,7,14H2. The topological polar surface area (TPSA) is 43.6 Å². The largest absolute Gasteiger partial charge is 0.270 e. The lowest BCUT2D eigenvalue weighted by Crippen LogP contribution is -1.99. The molecule has 116 valence electrons. The van der Waals surface area contributed by atoms with Gasteiger partial charge in [0, 0.05) is 29.4 Å². The van der Waals surface area contributed by atoms with Crippen molar-refractivity contribution in [1.29, 1.82) is 0 Å². The molecule has 0 amide bonds. The maximum absolute atomic E-state index is 4.41. The third kappa shape index (κ3) is 3.68. The van der Waals surface area contributed by atoms with Crippen molar-refractivity contribution >= 4 is 11.8 Å². The Bertz CT molecular complexity index is 753. The van der Waals surface area contributed by atoms with Crippen molar-refractivity contribution in [3.8, 4) is 17.1 Å². The summed E-state index contributed by atoms with van der Waals surface area (Å²) >= 11 is 1.72. The number of allylic oxidation sites excluding steroid dienone is 1. The molecular formula is C18H18N4S. The average Bonchev–Trinajstić information content (AvgIpc) is 3.04. The predicted molar refractivity (Wildman–Crippen MR) is 94.7 cm³/mol. The summed E-state index contributed by atoms with van der Waals surface area (Å²) in [5, 5.41) is 9.71. The minimum Gasteiger partial charge on any atom is -0.270 e. The minimum atomic E-state index is 0.838. The van der Waals surface area contributed by atoms with E-state index in [0.29, 0.717) is 0 Å². The van der Waals surface area contributed by atoms with Crippen LogP contribution in [0.5, 0.6) is 0 Å². The van der Waals surface area contributed by atoms with Gasteiger partial charge < -0.3 is 0 Å². The molecule has 0 aliphatic heterocycles. The highest BCUT2D eigenvalue weighted by molar-refractivity contribution is 7.99. The molecule has 0 saturated carbocycles. The summed E-state index contributed by atoms with van der Waals surface area (Å²) < 4.78 is 2.11. The number of rotatable bonds is 7. The number of pyridine rings is 1. The van der Waals surface area contributed by atoms with Crippen molar-refractivity contribution in [1.82, 2.24) is 19.7 Å². The summed E-state index contributed by atoms with van der Waals surface area (Å²) in [6, 6.07) is 14.1. The van der Waals surface area contributed by atoms with E-state index in [4.69, 9.17) is 0 Å². The minimum absolute atomic E-state index is 0.838. The SMILES string of the molecule is C=CCCCSc1nnc(-c2ccncc2)n1-c1ccccc1. The molecule has 0 N–H and O–H groups in total. The van der Waals surface area contributed by atoms with E-state index in [1.165, 1.54) is 0 Å². The fourth-order valence-electron chi connectivity index (χ4n) is 2.25. The van der Waals surface area contributed by atoms with Crippen LogP contribution in [0.2, 0.25) is 0 Å². The van der Waals surface area contributed by atoms with Crippen LogP contribution in [0.3, 0.4) is 0 Å². The fourth-order valence-corrected chi connectivity index (χ4v) is 3.17. The molecule has 2 aromatic heterocycles. The van der Waals surface area contributed by atoms with E-state index >= 15 is 0 Å². The zero-order valence-electron chi connectivity index (χ0n) is 12.8. The van der Waals surface area contributed by atoms with E-state index in [0.717, 1.165) is 40.8 Å². The Kier molecular flexibility index (Phi) is 5.21. The van der Waals surface area contributed by atoms with Crippen molar-refractivity contribution in [3.63, 3.8) is 0 Å². The van der Waals surface area contributed by atoms with Gasteiger partial charge in [-0.15, -0.1) is 16.8 Å². The Morgan fingerprint density at radius 2 is 1.83 bits per heavy atom. The highest BCUT2D eigenvalue weighted by atomic mass is 32.2. The van der Waals surface area contributed by atoms with E-state index in [2.05, 4.69) is 38.5 Å². The van der Waals surface area contributed by atoms with Gasteiger partial charge in [0.05, 0.1) is 0 Å². The van der Waals surface area contributed by atoms with Gasteiger partial charge in [-0.1, -0.05) is 36.0 Å². The van der Waals surface area contributed by atoms with Crippen LogP contribution in [0.1, 0.15) is 12.8 Å². The van der Waals surface area contributed by atoms with Gasteiger partial charge >= 0.3 is 0 Å². The molecule has 0 aliphatic carbocycles. The molecule has 3 rings (SSSR count). The molecule has 0 saturated heterocycles. The number of hydrogen-bond donors (Lipinski definition) is 0. The molecule has 0 atom stereocenters. The normalized spacial score (nSPS) is 10.6. The lowest BCUT2D eigenvalue weighted by molar-refractivity contribution is 0.879. The van der Waals surface area contributed by atoms with Gasteiger partial charge in [0.25, 0.3) is 0 Å². The maximum atomic E-state index is 4.41. The molecule has 0 radical (unpaired) electrons. The molecule has 3 aromatic rings. The van der Waals surface area contributed by atoms with Gasteiger partial charge in [-0.25, -0.2) is 0 Å². The first kappa shape index (κ1) is 15.5. The second-order valence-electron chi connectivity index (χ2n) is 4.99. The third-order valence-corrected chi connectivity index (χ3v) is 4.39. The predicted octanol–water partition coefficient (Wildman–Crippen LogP) is 4.39. The summed E-state index contributed by atoms with van der Waals surface area (Å²) in [4.78, 5) is 4.08. The monoisotopic (exact) mass is 322 g/mol. The lowest BCUT2D eigenvalue weighted by atomic mass is 10.2. The van der Waals surface area contributed by atoms with E-state index in [-0.39, 0.29) is 0 Å². The molecule has 1 aromatic carbocycles. The molecule has 4 nitrogen and oxygen atoms in total. The van der Waals surface area contributed by atoms with Crippen molar-refractivity contribution in [3.05, 3.63) is 67.5 Å². The molecule has 5 heteroatoms. The Morgan fingerprint density at radius 3 is 2.57 bits per heavy atom. The van der Waals surface area contributed by atoms with Gasteiger partial charge in [0.2, 0.25) is 0 Å². The third-order valence-electron chi connectivity index (χ3n) is 3.37. The number of benzene rings is 1. The van der Waals surface area contributed by atoms with Crippen LogP contribution in [0, 0.1) is 0 Å².